The molecule has 5 heteroatoms. The Morgan fingerprint density at radius 3 is 1.92 bits per heavy atom. The van der Waals surface area contributed by atoms with Crippen molar-refractivity contribution in [1.82, 2.24) is 5.32 Å². The molecule has 0 aliphatic carbocycles. The molecule has 4 nitrogen and oxygen atoms in total. The van der Waals surface area contributed by atoms with Crippen molar-refractivity contribution in [2.24, 2.45) is 16.7 Å². The second-order valence-electron chi connectivity index (χ2n) is 9.08. The average Bonchev–Trinajstić information content (AvgIpc) is 2.39. The lowest BCUT2D eigenvalue weighted by Crippen LogP contribution is -2.42. The van der Waals surface area contributed by atoms with Gasteiger partial charge in [0.05, 0.1) is 0 Å². The van der Waals surface area contributed by atoms with Crippen molar-refractivity contribution in [2.45, 2.75) is 80.8 Å². The molecule has 0 radical (unpaired) electrons. The number of hydrogen-bond donors (Lipinski definition) is 1. The maximum absolute atomic E-state index is 12.7. The number of hydrogen-bond acceptors (Lipinski definition) is 3. The molecular weight excluding hydrogens is 318 g/mol. The summed E-state index contributed by atoms with van der Waals surface area (Å²) in [4.78, 5) is 12.7. The normalized spacial score (nSPS) is 14.5. The van der Waals surface area contributed by atoms with Gasteiger partial charge in [0, 0.05) is 25.7 Å². The third-order valence-corrected chi connectivity index (χ3v) is 7.25. The Balaban J connectivity index is 4.53. The quantitative estimate of drug-likeness (QED) is 0.453. The van der Waals surface area contributed by atoms with Crippen LogP contribution in [0.25, 0.3) is 0 Å². The van der Waals surface area contributed by atoms with E-state index in [9.17, 15) is 4.79 Å². The molecule has 0 spiro atoms. The molecule has 0 saturated carbocycles. The molecule has 0 aromatic heterocycles. The van der Waals surface area contributed by atoms with Crippen LogP contribution in [0.2, 0.25) is 12.6 Å². The van der Waals surface area contributed by atoms with E-state index in [1.54, 1.807) is 0 Å². The van der Waals surface area contributed by atoms with Gasteiger partial charge in [-0.15, -0.1) is 0 Å². The van der Waals surface area contributed by atoms with Gasteiger partial charge in [0.25, 0.3) is 0 Å². The molecule has 0 aliphatic heterocycles. The Bertz CT molecular complexity index is 366. The summed E-state index contributed by atoms with van der Waals surface area (Å²) in [7, 11) is -2.07. The van der Waals surface area contributed by atoms with Crippen molar-refractivity contribution < 1.29 is 13.6 Å². The Labute approximate surface area is 151 Å². The lowest BCUT2D eigenvalue weighted by Gasteiger charge is -2.34. The van der Waals surface area contributed by atoms with Crippen molar-refractivity contribution in [1.29, 1.82) is 0 Å². The van der Waals surface area contributed by atoms with Gasteiger partial charge in [-0.2, -0.15) is 0 Å². The summed E-state index contributed by atoms with van der Waals surface area (Å²) >= 11 is 0. The van der Waals surface area contributed by atoms with E-state index < -0.39 is 8.56 Å². The van der Waals surface area contributed by atoms with Crippen molar-refractivity contribution >= 4 is 14.5 Å². The van der Waals surface area contributed by atoms with Crippen molar-refractivity contribution in [3.05, 3.63) is 0 Å². The van der Waals surface area contributed by atoms with Gasteiger partial charge in [0.1, 0.15) is 0 Å². The van der Waals surface area contributed by atoms with Gasteiger partial charge in [-0.25, -0.2) is 0 Å². The van der Waals surface area contributed by atoms with Crippen LogP contribution in [0.3, 0.4) is 0 Å². The standard InChI is InChI=1S/C19H41NO3Si/c1-10-22-24(9,23-11-2)14-12-13-20-17(21)16(19(6,7)8)15-18(3,4)5/h16H,10-15H2,1-9H3,(H,20,21). The van der Waals surface area contributed by atoms with Crippen molar-refractivity contribution in [3.63, 3.8) is 0 Å². The second kappa shape index (κ2) is 9.93. The fourth-order valence-electron chi connectivity index (χ4n) is 2.95. The Hall–Kier alpha value is -0.393. The second-order valence-corrected chi connectivity index (χ2v) is 12.4. The Kier molecular flexibility index (Phi) is 9.76. The van der Waals surface area contributed by atoms with Crippen LogP contribution in [0, 0.1) is 16.7 Å². The summed E-state index contributed by atoms with van der Waals surface area (Å²) in [5, 5.41) is 3.14. The van der Waals surface area contributed by atoms with Crippen LogP contribution < -0.4 is 5.32 Å². The minimum absolute atomic E-state index is 0.0277. The van der Waals surface area contributed by atoms with Gasteiger partial charge in [-0.3, -0.25) is 4.79 Å². The molecule has 144 valence electrons. The highest BCUT2D eigenvalue weighted by Crippen LogP contribution is 2.36. The number of nitrogens with one attached hydrogen (secondary N) is 1. The van der Waals surface area contributed by atoms with E-state index in [4.69, 9.17) is 8.85 Å². The van der Waals surface area contributed by atoms with Gasteiger partial charge in [0.2, 0.25) is 5.91 Å². The molecule has 0 aromatic carbocycles. The zero-order valence-electron chi connectivity index (χ0n) is 17.5. The first-order valence-corrected chi connectivity index (χ1v) is 11.9. The molecule has 0 bridgehead atoms. The highest BCUT2D eigenvalue weighted by molar-refractivity contribution is 6.66. The van der Waals surface area contributed by atoms with Crippen LogP contribution in [-0.2, 0) is 13.6 Å². The van der Waals surface area contributed by atoms with E-state index in [0.717, 1.165) is 18.9 Å². The molecule has 1 unspecified atom stereocenters. The lowest BCUT2D eigenvalue weighted by molar-refractivity contribution is -0.129. The first kappa shape index (κ1) is 23.6. The largest absolute Gasteiger partial charge is 0.395 e. The van der Waals surface area contributed by atoms with Crippen LogP contribution in [0.4, 0.5) is 0 Å². The molecule has 24 heavy (non-hydrogen) atoms. The average molecular weight is 360 g/mol. The van der Waals surface area contributed by atoms with E-state index >= 15 is 0 Å². The van der Waals surface area contributed by atoms with Gasteiger partial charge in [0.15, 0.2) is 0 Å². The van der Waals surface area contributed by atoms with Crippen LogP contribution in [0.1, 0.15) is 68.2 Å². The molecule has 1 amide bonds. The topological polar surface area (TPSA) is 47.6 Å². The van der Waals surface area contributed by atoms with Crippen molar-refractivity contribution in [2.75, 3.05) is 19.8 Å². The smallest absolute Gasteiger partial charge is 0.334 e. The van der Waals surface area contributed by atoms with Crippen LogP contribution in [-0.4, -0.2) is 34.2 Å². The van der Waals surface area contributed by atoms with Crippen LogP contribution >= 0.6 is 0 Å². The van der Waals surface area contributed by atoms with E-state index in [1.807, 2.05) is 13.8 Å². The molecule has 0 fully saturated rings. The minimum Gasteiger partial charge on any atom is -0.395 e. The summed E-state index contributed by atoms with van der Waals surface area (Å²) in [5.41, 5.74) is 0.113. The summed E-state index contributed by atoms with van der Waals surface area (Å²) in [6.07, 6.45) is 1.80. The molecule has 0 heterocycles. The number of rotatable bonds is 10. The predicted octanol–water partition coefficient (Wildman–Crippen LogP) is 4.74. The SMILES string of the molecule is CCO[Si](C)(CCCNC(=O)C(CC(C)(C)C)C(C)(C)C)OCC. The molecular formula is C19H41NO3Si. The summed E-state index contributed by atoms with van der Waals surface area (Å²) < 4.78 is 11.7. The summed E-state index contributed by atoms with van der Waals surface area (Å²) in [6, 6.07) is 0.911. The first-order valence-electron chi connectivity index (χ1n) is 9.40. The molecule has 0 rings (SSSR count). The highest BCUT2D eigenvalue weighted by atomic mass is 28.4. The van der Waals surface area contributed by atoms with Gasteiger partial charge in [-0.05, 0) is 50.1 Å². The van der Waals surface area contributed by atoms with E-state index in [2.05, 4.69) is 53.4 Å². The maximum atomic E-state index is 12.7. The zero-order valence-corrected chi connectivity index (χ0v) is 18.5. The Morgan fingerprint density at radius 1 is 1.04 bits per heavy atom. The van der Waals surface area contributed by atoms with E-state index in [0.29, 0.717) is 19.8 Å². The monoisotopic (exact) mass is 359 g/mol. The Morgan fingerprint density at radius 2 is 1.54 bits per heavy atom. The van der Waals surface area contributed by atoms with Crippen LogP contribution in [0.15, 0.2) is 0 Å². The zero-order chi connectivity index (χ0) is 19.0. The fraction of sp³-hybridized carbons (Fsp3) is 0.947. The third-order valence-electron chi connectivity index (χ3n) is 4.18. The number of carbonyl (C=O) groups is 1. The lowest BCUT2D eigenvalue weighted by atomic mass is 9.71. The molecule has 0 saturated heterocycles. The molecule has 1 atom stereocenters. The maximum Gasteiger partial charge on any atom is 0.334 e. The molecule has 1 N–H and O–H groups in total. The molecule has 0 aromatic rings. The van der Waals surface area contributed by atoms with Gasteiger partial charge >= 0.3 is 8.56 Å². The number of amides is 1. The van der Waals surface area contributed by atoms with E-state index in [1.165, 1.54) is 0 Å². The third kappa shape index (κ3) is 9.79. The molecule has 0 aliphatic rings. The summed E-state index contributed by atoms with van der Waals surface area (Å²) in [5.74, 6) is 0.202. The van der Waals surface area contributed by atoms with Gasteiger partial charge in [-0.1, -0.05) is 41.5 Å². The highest BCUT2D eigenvalue weighted by Gasteiger charge is 2.35. The van der Waals surface area contributed by atoms with Crippen LogP contribution in [0.5, 0.6) is 0 Å². The van der Waals surface area contributed by atoms with Gasteiger partial charge < -0.3 is 14.2 Å². The minimum atomic E-state index is -2.07. The fourth-order valence-corrected chi connectivity index (χ4v) is 5.36. The number of carbonyl (C=O) groups excluding carboxylic acids is 1. The van der Waals surface area contributed by atoms with E-state index in [-0.39, 0.29) is 22.7 Å². The summed E-state index contributed by atoms with van der Waals surface area (Å²) in [6.45, 7) is 21.2. The first-order chi connectivity index (χ1) is 10.8. The predicted molar refractivity (Wildman–Crippen MR) is 104 cm³/mol. The van der Waals surface area contributed by atoms with Crippen molar-refractivity contribution in [3.8, 4) is 0 Å².